The second-order valence-corrected chi connectivity index (χ2v) is 7.40. The van der Waals surface area contributed by atoms with Crippen LogP contribution >= 0.6 is 0 Å². The lowest BCUT2D eigenvalue weighted by Gasteiger charge is -2.22. The summed E-state index contributed by atoms with van der Waals surface area (Å²) in [7, 11) is -2.16. The molecule has 128 valence electrons. The minimum Gasteiger partial charge on any atom is -0.492 e. The van der Waals surface area contributed by atoms with Crippen molar-refractivity contribution in [1.82, 2.24) is 9.62 Å². The molecular weight excluding hydrogens is 316 g/mol. The van der Waals surface area contributed by atoms with Gasteiger partial charge in [-0.1, -0.05) is 12.8 Å². The Morgan fingerprint density at radius 3 is 2.43 bits per heavy atom. The summed E-state index contributed by atoms with van der Waals surface area (Å²) in [4.78, 5) is 11.9. The van der Waals surface area contributed by atoms with Gasteiger partial charge in [-0.2, -0.15) is 4.31 Å². The van der Waals surface area contributed by atoms with E-state index in [9.17, 15) is 13.2 Å². The Labute approximate surface area is 137 Å². The van der Waals surface area contributed by atoms with E-state index in [0.29, 0.717) is 31.0 Å². The molecule has 1 aromatic carbocycles. The molecule has 1 aromatic rings. The van der Waals surface area contributed by atoms with Crippen molar-refractivity contribution in [3.05, 3.63) is 23.8 Å². The number of carbonyl (C=O) groups excluding carboxylic acids is 1. The van der Waals surface area contributed by atoms with Crippen LogP contribution in [0, 0.1) is 0 Å². The van der Waals surface area contributed by atoms with E-state index in [2.05, 4.69) is 5.32 Å². The first kappa shape index (κ1) is 17.7. The Bertz CT molecular complexity index is 650. The summed E-state index contributed by atoms with van der Waals surface area (Å²) in [5.41, 5.74) is 0.310. The third-order valence-corrected chi connectivity index (χ3v) is 5.84. The van der Waals surface area contributed by atoms with E-state index < -0.39 is 10.0 Å². The molecule has 0 radical (unpaired) electrons. The number of ether oxygens (including phenoxy) is 1. The van der Waals surface area contributed by atoms with E-state index in [-0.39, 0.29) is 10.8 Å². The summed E-state index contributed by atoms with van der Waals surface area (Å²) >= 11 is 0. The highest BCUT2D eigenvalue weighted by Gasteiger charge is 2.29. The van der Waals surface area contributed by atoms with Crippen LogP contribution in [0.25, 0.3) is 0 Å². The van der Waals surface area contributed by atoms with Crippen LogP contribution in [-0.4, -0.2) is 45.4 Å². The summed E-state index contributed by atoms with van der Waals surface area (Å²) < 4.78 is 33.0. The molecule has 1 saturated heterocycles. The first-order valence-electron chi connectivity index (χ1n) is 7.99. The average Bonchev–Trinajstić information content (AvgIpc) is 2.84. The monoisotopic (exact) mass is 340 g/mol. The zero-order chi connectivity index (χ0) is 16.9. The number of carbonyl (C=O) groups is 1. The molecule has 0 spiro atoms. The van der Waals surface area contributed by atoms with Gasteiger partial charge in [0.2, 0.25) is 10.0 Å². The highest BCUT2D eigenvalue weighted by Crippen LogP contribution is 2.29. The number of nitrogens with zero attached hydrogens (tertiary/aromatic N) is 1. The van der Waals surface area contributed by atoms with Crippen molar-refractivity contribution < 1.29 is 17.9 Å². The Hall–Kier alpha value is -1.60. The largest absolute Gasteiger partial charge is 0.492 e. The second-order valence-electron chi connectivity index (χ2n) is 5.49. The molecule has 0 atom stereocenters. The van der Waals surface area contributed by atoms with E-state index in [1.165, 1.54) is 17.4 Å². The number of hydrogen-bond donors (Lipinski definition) is 1. The first-order valence-corrected chi connectivity index (χ1v) is 9.43. The number of hydrogen-bond acceptors (Lipinski definition) is 4. The second kappa shape index (κ2) is 7.79. The fourth-order valence-corrected chi connectivity index (χ4v) is 4.37. The zero-order valence-electron chi connectivity index (χ0n) is 13.7. The lowest BCUT2D eigenvalue weighted by molar-refractivity contribution is 0.0963. The molecule has 0 unspecified atom stereocenters. The maximum absolute atomic E-state index is 13.0. The number of benzene rings is 1. The number of sulfonamides is 1. The lowest BCUT2D eigenvalue weighted by atomic mass is 10.2. The predicted molar refractivity (Wildman–Crippen MR) is 88.2 cm³/mol. The molecule has 1 aliphatic heterocycles. The van der Waals surface area contributed by atoms with E-state index >= 15 is 0 Å². The van der Waals surface area contributed by atoms with Crippen LogP contribution in [0.2, 0.25) is 0 Å². The third-order valence-electron chi connectivity index (χ3n) is 3.92. The van der Waals surface area contributed by atoms with Crippen LogP contribution in [0.15, 0.2) is 23.1 Å². The van der Waals surface area contributed by atoms with Crippen molar-refractivity contribution in [3.8, 4) is 5.75 Å². The van der Waals surface area contributed by atoms with Crippen molar-refractivity contribution in [3.63, 3.8) is 0 Å². The van der Waals surface area contributed by atoms with Crippen molar-refractivity contribution in [2.24, 2.45) is 0 Å². The van der Waals surface area contributed by atoms with Gasteiger partial charge in [-0.05, 0) is 38.0 Å². The van der Waals surface area contributed by atoms with E-state index in [1.54, 1.807) is 19.1 Å². The summed E-state index contributed by atoms with van der Waals surface area (Å²) in [6.45, 7) is 3.19. The maximum atomic E-state index is 13.0. The van der Waals surface area contributed by atoms with Gasteiger partial charge in [0.25, 0.3) is 5.91 Å². The van der Waals surface area contributed by atoms with E-state index in [1.807, 2.05) is 0 Å². The fraction of sp³-hybridized carbons (Fsp3) is 0.562. The molecule has 1 aliphatic rings. The summed E-state index contributed by atoms with van der Waals surface area (Å²) in [6.07, 6.45) is 3.81. The third kappa shape index (κ3) is 4.03. The van der Waals surface area contributed by atoms with Crippen molar-refractivity contribution in [2.45, 2.75) is 37.5 Å². The van der Waals surface area contributed by atoms with Crippen LogP contribution in [0.4, 0.5) is 0 Å². The minimum atomic E-state index is -3.67. The Morgan fingerprint density at radius 2 is 1.87 bits per heavy atom. The molecule has 0 saturated carbocycles. The van der Waals surface area contributed by atoms with Crippen LogP contribution in [0.5, 0.6) is 5.75 Å². The van der Waals surface area contributed by atoms with Gasteiger partial charge in [-0.3, -0.25) is 4.79 Å². The number of nitrogens with one attached hydrogen (secondary N) is 1. The average molecular weight is 340 g/mol. The molecule has 1 amide bonds. The van der Waals surface area contributed by atoms with Crippen molar-refractivity contribution in [1.29, 1.82) is 0 Å². The van der Waals surface area contributed by atoms with Gasteiger partial charge >= 0.3 is 0 Å². The predicted octanol–water partition coefficient (Wildman–Crippen LogP) is 2.01. The molecular formula is C16H24N2O4S. The number of amides is 1. The lowest BCUT2D eigenvalue weighted by Crippen LogP contribution is -2.32. The Balaban J connectivity index is 2.46. The van der Waals surface area contributed by atoms with Crippen LogP contribution < -0.4 is 10.1 Å². The Morgan fingerprint density at radius 1 is 1.22 bits per heavy atom. The van der Waals surface area contributed by atoms with Gasteiger partial charge in [-0.15, -0.1) is 0 Å². The van der Waals surface area contributed by atoms with Gasteiger partial charge < -0.3 is 10.1 Å². The topological polar surface area (TPSA) is 75.7 Å². The quantitative estimate of drug-likeness (QED) is 0.890. The summed E-state index contributed by atoms with van der Waals surface area (Å²) in [5.74, 6) is -0.0234. The highest BCUT2D eigenvalue weighted by molar-refractivity contribution is 7.89. The smallest absolute Gasteiger partial charge is 0.251 e. The SMILES string of the molecule is CCOc1ccc(C(=O)NC)cc1S(=O)(=O)N1CCCCCC1. The zero-order valence-corrected chi connectivity index (χ0v) is 14.5. The minimum absolute atomic E-state index is 0.0716. The molecule has 0 aliphatic carbocycles. The molecule has 0 bridgehead atoms. The molecule has 23 heavy (non-hydrogen) atoms. The van der Waals surface area contributed by atoms with Crippen LogP contribution in [0.3, 0.4) is 0 Å². The molecule has 0 aromatic heterocycles. The number of rotatable bonds is 5. The maximum Gasteiger partial charge on any atom is 0.251 e. The standard InChI is InChI=1S/C16H24N2O4S/c1-3-22-14-9-8-13(16(19)17-2)12-15(14)23(20,21)18-10-6-4-5-7-11-18/h8-9,12H,3-7,10-11H2,1-2H3,(H,17,19). The summed E-state index contributed by atoms with van der Waals surface area (Å²) in [5, 5.41) is 2.51. The van der Waals surface area contributed by atoms with Gasteiger partial charge in [0, 0.05) is 25.7 Å². The van der Waals surface area contributed by atoms with Crippen molar-refractivity contribution >= 4 is 15.9 Å². The fourth-order valence-electron chi connectivity index (χ4n) is 2.69. The van der Waals surface area contributed by atoms with Gasteiger partial charge in [0.1, 0.15) is 10.6 Å². The normalized spacial score (nSPS) is 16.6. The molecule has 7 heteroatoms. The Kier molecular flexibility index (Phi) is 6.01. The molecule has 1 heterocycles. The van der Waals surface area contributed by atoms with Crippen LogP contribution in [0.1, 0.15) is 43.0 Å². The molecule has 1 fully saturated rings. The van der Waals surface area contributed by atoms with E-state index in [4.69, 9.17) is 4.74 Å². The van der Waals surface area contributed by atoms with Crippen molar-refractivity contribution in [2.75, 3.05) is 26.7 Å². The van der Waals surface area contributed by atoms with Gasteiger partial charge in [0.05, 0.1) is 6.61 Å². The van der Waals surface area contributed by atoms with Gasteiger partial charge in [-0.25, -0.2) is 8.42 Å². The summed E-state index contributed by atoms with van der Waals surface area (Å²) in [6, 6.07) is 4.54. The molecule has 6 nitrogen and oxygen atoms in total. The highest BCUT2D eigenvalue weighted by atomic mass is 32.2. The van der Waals surface area contributed by atoms with Crippen LogP contribution in [-0.2, 0) is 10.0 Å². The first-order chi connectivity index (χ1) is 11.0. The molecule has 1 N–H and O–H groups in total. The molecule has 2 rings (SSSR count). The van der Waals surface area contributed by atoms with E-state index in [0.717, 1.165) is 25.7 Å². The van der Waals surface area contributed by atoms with Gasteiger partial charge in [0.15, 0.2) is 0 Å².